The van der Waals surface area contributed by atoms with E-state index in [1.165, 1.54) is 5.56 Å². The van der Waals surface area contributed by atoms with Crippen LogP contribution in [0.3, 0.4) is 0 Å². The number of aryl methyl sites for hydroxylation is 2. The van der Waals surface area contributed by atoms with Crippen LogP contribution in [-0.2, 0) is 17.6 Å². The first kappa shape index (κ1) is 17.9. The number of hydrogen-bond donors (Lipinski definition) is 1. The molecule has 1 amide bonds. The van der Waals surface area contributed by atoms with Crippen molar-refractivity contribution in [3.05, 3.63) is 88.8 Å². The molecule has 1 heterocycles. The summed E-state index contributed by atoms with van der Waals surface area (Å²) in [5.74, 6) is 0.828. The summed E-state index contributed by atoms with van der Waals surface area (Å²) >= 11 is 0. The highest BCUT2D eigenvalue weighted by Gasteiger charge is 2.17. The van der Waals surface area contributed by atoms with Crippen LogP contribution in [0.2, 0.25) is 0 Å². The summed E-state index contributed by atoms with van der Waals surface area (Å²) in [4.78, 5) is 12.6. The number of hydrogen-bond acceptors (Lipinski definition) is 3. The summed E-state index contributed by atoms with van der Waals surface area (Å²) in [6.45, 7) is 3.79. The maximum absolute atomic E-state index is 12.6. The van der Waals surface area contributed by atoms with Crippen molar-refractivity contribution in [3.63, 3.8) is 0 Å². The van der Waals surface area contributed by atoms with Gasteiger partial charge < -0.3 is 9.84 Å². The van der Waals surface area contributed by atoms with Crippen LogP contribution in [0.1, 0.15) is 40.6 Å². The number of carbonyl (C=O) groups is 1. The van der Waals surface area contributed by atoms with Crippen LogP contribution in [-0.4, -0.2) is 11.1 Å². The zero-order chi connectivity index (χ0) is 18.4. The highest BCUT2D eigenvalue weighted by Crippen LogP contribution is 2.19. The second-order valence-electron chi connectivity index (χ2n) is 6.52. The third kappa shape index (κ3) is 4.60. The van der Waals surface area contributed by atoms with Crippen molar-refractivity contribution >= 4 is 5.91 Å². The molecular formula is C22H24N2O2. The standard InChI is InChI=1S/C22H24N2O2/c1-16-20(17(2)26-24-16)13-14-22(25)23-21(19-11-7-4-8-12-19)15-18-9-5-3-6-10-18/h3-12,21H,13-15H2,1-2H3,(H,23,25)/t21-/m0/s1. The Hall–Kier alpha value is -2.88. The molecule has 3 aromatic rings. The van der Waals surface area contributed by atoms with Crippen LogP contribution in [0.5, 0.6) is 0 Å². The Labute approximate surface area is 154 Å². The van der Waals surface area contributed by atoms with Crippen molar-refractivity contribution in [2.75, 3.05) is 0 Å². The van der Waals surface area contributed by atoms with E-state index < -0.39 is 0 Å². The second-order valence-corrected chi connectivity index (χ2v) is 6.52. The molecular weight excluding hydrogens is 324 g/mol. The molecule has 0 aliphatic heterocycles. The highest BCUT2D eigenvalue weighted by molar-refractivity contribution is 5.76. The van der Waals surface area contributed by atoms with Gasteiger partial charge in [-0.05, 0) is 37.8 Å². The minimum atomic E-state index is -0.0456. The van der Waals surface area contributed by atoms with Gasteiger partial charge in [-0.15, -0.1) is 0 Å². The summed E-state index contributed by atoms with van der Waals surface area (Å²) < 4.78 is 5.18. The molecule has 4 nitrogen and oxygen atoms in total. The Morgan fingerprint density at radius 1 is 1.04 bits per heavy atom. The van der Waals surface area contributed by atoms with Crippen molar-refractivity contribution in [2.24, 2.45) is 0 Å². The lowest BCUT2D eigenvalue weighted by Crippen LogP contribution is -2.30. The molecule has 3 rings (SSSR count). The van der Waals surface area contributed by atoms with Crippen LogP contribution in [0.15, 0.2) is 65.2 Å². The predicted molar refractivity (Wildman–Crippen MR) is 102 cm³/mol. The van der Waals surface area contributed by atoms with Crippen molar-refractivity contribution in [2.45, 2.75) is 39.2 Å². The zero-order valence-electron chi connectivity index (χ0n) is 15.2. The van der Waals surface area contributed by atoms with Crippen LogP contribution in [0.25, 0.3) is 0 Å². The van der Waals surface area contributed by atoms with Crippen molar-refractivity contribution < 1.29 is 9.32 Å². The lowest BCUT2D eigenvalue weighted by atomic mass is 9.98. The summed E-state index contributed by atoms with van der Waals surface area (Å²) in [5, 5.41) is 7.14. The number of benzene rings is 2. The number of amides is 1. The van der Waals surface area contributed by atoms with Crippen molar-refractivity contribution in [3.8, 4) is 0 Å². The number of rotatable bonds is 7. The molecule has 0 spiro atoms. The molecule has 4 heteroatoms. The molecule has 26 heavy (non-hydrogen) atoms. The third-order valence-corrected chi connectivity index (χ3v) is 4.60. The van der Waals surface area contributed by atoms with Crippen LogP contribution >= 0.6 is 0 Å². The van der Waals surface area contributed by atoms with Gasteiger partial charge in [0.1, 0.15) is 5.76 Å². The molecule has 0 bridgehead atoms. The molecule has 0 radical (unpaired) electrons. The molecule has 0 saturated carbocycles. The minimum Gasteiger partial charge on any atom is -0.361 e. The summed E-state index contributed by atoms with van der Waals surface area (Å²) in [5.41, 5.74) is 4.20. The quantitative estimate of drug-likeness (QED) is 0.692. The first-order chi connectivity index (χ1) is 12.6. The van der Waals surface area contributed by atoms with Crippen LogP contribution < -0.4 is 5.32 Å². The largest absolute Gasteiger partial charge is 0.361 e. The van der Waals surface area contributed by atoms with E-state index in [2.05, 4.69) is 34.7 Å². The molecule has 134 valence electrons. The molecule has 0 saturated heterocycles. The van der Waals surface area contributed by atoms with E-state index in [-0.39, 0.29) is 11.9 Å². The van der Waals surface area contributed by atoms with E-state index in [0.717, 1.165) is 29.0 Å². The topological polar surface area (TPSA) is 55.1 Å². The van der Waals surface area contributed by atoms with Gasteiger partial charge in [0.2, 0.25) is 5.91 Å². The lowest BCUT2D eigenvalue weighted by Gasteiger charge is -2.19. The molecule has 1 atom stereocenters. The Kier molecular flexibility index (Phi) is 5.84. The van der Waals surface area contributed by atoms with Gasteiger partial charge in [-0.3, -0.25) is 4.79 Å². The Morgan fingerprint density at radius 3 is 2.31 bits per heavy atom. The third-order valence-electron chi connectivity index (χ3n) is 4.60. The maximum atomic E-state index is 12.6. The smallest absolute Gasteiger partial charge is 0.220 e. The Balaban J connectivity index is 1.68. The molecule has 1 N–H and O–H groups in total. The van der Waals surface area contributed by atoms with E-state index in [1.54, 1.807) is 0 Å². The summed E-state index contributed by atoms with van der Waals surface area (Å²) in [7, 11) is 0. The van der Waals surface area contributed by atoms with Gasteiger partial charge in [-0.2, -0.15) is 0 Å². The fraction of sp³-hybridized carbons (Fsp3) is 0.273. The number of nitrogens with zero attached hydrogens (tertiary/aromatic N) is 1. The Morgan fingerprint density at radius 2 is 1.69 bits per heavy atom. The molecule has 0 fully saturated rings. The molecule has 0 unspecified atom stereocenters. The molecule has 2 aromatic carbocycles. The first-order valence-corrected chi connectivity index (χ1v) is 8.93. The van der Waals surface area contributed by atoms with E-state index in [4.69, 9.17) is 4.52 Å². The Bertz CT molecular complexity index is 822. The molecule has 0 aliphatic rings. The average Bonchev–Trinajstić information content (AvgIpc) is 2.99. The van der Waals surface area contributed by atoms with Crippen molar-refractivity contribution in [1.82, 2.24) is 10.5 Å². The number of aromatic nitrogens is 1. The van der Waals surface area contributed by atoms with Gasteiger partial charge in [-0.1, -0.05) is 65.8 Å². The highest BCUT2D eigenvalue weighted by atomic mass is 16.5. The van der Waals surface area contributed by atoms with Gasteiger partial charge in [-0.25, -0.2) is 0 Å². The van der Waals surface area contributed by atoms with Crippen LogP contribution in [0, 0.1) is 13.8 Å². The van der Waals surface area contributed by atoms with E-state index in [0.29, 0.717) is 12.8 Å². The summed E-state index contributed by atoms with van der Waals surface area (Å²) in [6, 6.07) is 20.3. The fourth-order valence-electron chi connectivity index (χ4n) is 3.15. The van der Waals surface area contributed by atoms with Gasteiger partial charge in [0, 0.05) is 12.0 Å². The van der Waals surface area contributed by atoms with Crippen molar-refractivity contribution in [1.29, 1.82) is 0 Å². The van der Waals surface area contributed by atoms with Gasteiger partial charge >= 0.3 is 0 Å². The van der Waals surface area contributed by atoms with E-state index >= 15 is 0 Å². The second kappa shape index (κ2) is 8.48. The average molecular weight is 348 g/mol. The SMILES string of the molecule is Cc1noc(C)c1CCC(=O)N[C@@H](Cc1ccccc1)c1ccccc1. The zero-order valence-corrected chi connectivity index (χ0v) is 15.2. The predicted octanol–water partition coefficient (Wildman–Crippen LogP) is 4.32. The summed E-state index contributed by atoms with van der Waals surface area (Å²) in [6.07, 6.45) is 1.82. The molecule has 0 aliphatic carbocycles. The fourth-order valence-corrected chi connectivity index (χ4v) is 3.15. The first-order valence-electron chi connectivity index (χ1n) is 8.93. The van der Waals surface area contributed by atoms with E-state index in [9.17, 15) is 4.79 Å². The number of carbonyl (C=O) groups excluding carboxylic acids is 1. The normalized spacial score (nSPS) is 11.9. The monoisotopic (exact) mass is 348 g/mol. The van der Waals surface area contributed by atoms with Crippen LogP contribution in [0.4, 0.5) is 0 Å². The molecule has 1 aromatic heterocycles. The minimum absolute atomic E-state index is 0.0368. The maximum Gasteiger partial charge on any atom is 0.220 e. The van der Waals surface area contributed by atoms with Gasteiger partial charge in [0.25, 0.3) is 0 Å². The number of nitrogens with one attached hydrogen (secondary N) is 1. The van der Waals surface area contributed by atoms with E-state index in [1.807, 2.05) is 50.2 Å². The van der Waals surface area contributed by atoms with Gasteiger partial charge in [0.05, 0.1) is 11.7 Å². The van der Waals surface area contributed by atoms with Gasteiger partial charge in [0.15, 0.2) is 0 Å². The lowest BCUT2D eigenvalue weighted by molar-refractivity contribution is -0.121.